The van der Waals surface area contributed by atoms with Gasteiger partial charge in [0.05, 0.1) is 5.92 Å². The topological polar surface area (TPSA) is 40.5 Å². The van der Waals surface area contributed by atoms with Crippen molar-refractivity contribution in [3.63, 3.8) is 0 Å². The van der Waals surface area contributed by atoms with Crippen LogP contribution in [-0.4, -0.2) is 29.1 Å². The van der Waals surface area contributed by atoms with Crippen LogP contribution >= 0.6 is 0 Å². The van der Waals surface area contributed by atoms with Gasteiger partial charge in [0.2, 0.25) is 0 Å². The van der Waals surface area contributed by atoms with Crippen molar-refractivity contribution in [1.82, 2.24) is 4.90 Å². The van der Waals surface area contributed by atoms with Gasteiger partial charge in [-0.2, -0.15) is 0 Å². The van der Waals surface area contributed by atoms with Crippen LogP contribution in [0.25, 0.3) is 0 Å². The van der Waals surface area contributed by atoms with Gasteiger partial charge >= 0.3 is 5.97 Å². The average molecular weight is 247 g/mol. The maximum Gasteiger partial charge on any atom is 0.306 e. The van der Waals surface area contributed by atoms with E-state index in [4.69, 9.17) is 0 Å². The van der Waals surface area contributed by atoms with E-state index >= 15 is 0 Å². The van der Waals surface area contributed by atoms with Gasteiger partial charge in [0.25, 0.3) is 0 Å². The predicted octanol–water partition coefficient (Wildman–Crippen LogP) is 2.62. The highest BCUT2D eigenvalue weighted by Crippen LogP contribution is 2.27. The van der Waals surface area contributed by atoms with Crippen LogP contribution in [0.3, 0.4) is 0 Å². The highest BCUT2D eigenvalue weighted by atomic mass is 16.4. The summed E-state index contributed by atoms with van der Waals surface area (Å²) < 4.78 is 0. The summed E-state index contributed by atoms with van der Waals surface area (Å²) in [7, 11) is 0. The summed E-state index contributed by atoms with van der Waals surface area (Å²) in [4.78, 5) is 13.5. The van der Waals surface area contributed by atoms with E-state index in [0.717, 1.165) is 32.5 Å². The zero-order valence-corrected chi connectivity index (χ0v) is 10.9. The molecule has 2 unspecified atom stereocenters. The summed E-state index contributed by atoms with van der Waals surface area (Å²) in [5, 5.41) is 9.19. The lowest BCUT2D eigenvalue weighted by molar-refractivity contribution is -0.143. The van der Waals surface area contributed by atoms with Crippen LogP contribution in [0.1, 0.15) is 25.3 Å². The Hall–Kier alpha value is -1.35. The van der Waals surface area contributed by atoms with E-state index < -0.39 is 5.97 Å². The van der Waals surface area contributed by atoms with Gasteiger partial charge < -0.3 is 5.11 Å². The highest BCUT2D eigenvalue weighted by Gasteiger charge is 2.32. The fraction of sp³-hybridized carbons (Fsp3) is 0.533. The second-order valence-electron chi connectivity index (χ2n) is 5.12. The number of benzene rings is 1. The average Bonchev–Trinajstić information content (AvgIpc) is 2.79. The summed E-state index contributed by atoms with van der Waals surface area (Å²) >= 11 is 0. The van der Waals surface area contributed by atoms with Gasteiger partial charge in [-0.05, 0) is 30.9 Å². The molecule has 1 aliphatic rings. The number of hydrogen-bond donors (Lipinski definition) is 1. The summed E-state index contributed by atoms with van der Waals surface area (Å²) in [5.74, 6) is -0.494. The molecule has 3 heteroatoms. The SMILES string of the molecule is CCC(C(=O)O)C1CCN(Cc2ccccc2)C1. The van der Waals surface area contributed by atoms with E-state index in [1.54, 1.807) is 0 Å². The van der Waals surface area contributed by atoms with Crippen LogP contribution in [-0.2, 0) is 11.3 Å². The minimum absolute atomic E-state index is 0.175. The second kappa shape index (κ2) is 6.01. The molecule has 1 aliphatic heterocycles. The quantitative estimate of drug-likeness (QED) is 0.869. The first-order valence-corrected chi connectivity index (χ1v) is 6.69. The minimum atomic E-state index is -0.635. The maximum absolute atomic E-state index is 11.2. The van der Waals surface area contributed by atoms with E-state index in [2.05, 4.69) is 29.2 Å². The Bertz CT molecular complexity index is 391. The molecule has 1 fully saturated rings. The number of rotatable bonds is 5. The first-order valence-electron chi connectivity index (χ1n) is 6.69. The van der Waals surface area contributed by atoms with Crippen molar-refractivity contribution >= 4 is 5.97 Å². The first kappa shape index (κ1) is 13.1. The van der Waals surface area contributed by atoms with Gasteiger partial charge in [0.1, 0.15) is 0 Å². The molecule has 0 spiro atoms. The molecule has 2 atom stereocenters. The summed E-state index contributed by atoms with van der Waals surface area (Å²) in [6, 6.07) is 10.4. The van der Waals surface area contributed by atoms with Crippen molar-refractivity contribution < 1.29 is 9.90 Å². The summed E-state index contributed by atoms with van der Waals surface area (Å²) in [6.45, 7) is 4.84. The Balaban J connectivity index is 1.90. The molecular formula is C15H21NO2. The minimum Gasteiger partial charge on any atom is -0.481 e. The van der Waals surface area contributed by atoms with Crippen molar-refractivity contribution in [2.24, 2.45) is 11.8 Å². The van der Waals surface area contributed by atoms with Gasteiger partial charge in [-0.3, -0.25) is 9.69 Å². The molecule has 2 rings (SSSR count). The number of carbonyl (C=O) groups is 1. The Kier molecular flexibility index (Phi) is 4.37. The van der Waals surface area contributed by atoms with Gasteiger partial charge in [0.15, 0.2) is 0 Å². The van der Waals surface area contributed by atoms with Gasteiger partial charge in [0, 0.05) is 13.1 Å². The van der Waals surface area contributed by atoms with Crippen molar-refractivity contribution in [1.29, 1.82) is 0 Å². The number of nitrogens with zero attached hydrogens (tertiary/aromatic N) is 1. The normalized spacial score (nSPS) is 21.9. The van der Waals surface area contributed by atoms with Crippen molar-refractivity contribution in [2.45, 2.75) is 26.3 Å². The van der Waals surface area contributed by atoms with Crippen LogP contribution in [0.2, 0.25) is 0 Å². The lowest BCUT2D eigenvalue weighted by Crippen LogP contribution is -2.26. The van der Waals surface area contributed by atoms with Gasteiger partial charge in [-0.25, -0.2) is 0 Å². The molecule has 0 aromatic heterocycles. The Morgan fingerprint density at radius 2 is 2.17 bits per heavy atom. The molecule has 18 heavy (non-hydrogen) atoms. The van der Waals surface area contributed by atoms with Crippen molar-refractivity contribution in [3.8, 4) is 0 Å². The second-order valence-corrected chi connectivity index (χ2v) is 5.12. The number of hydrogen-bond acceptors (Lipinski definition) is 2. The standard InChI is InChI=1S/C15H21NO2/c1-2-14(15(17)18)13-8-9-16(11-13)10-12-6-4-3-5-7-12/h3-7,13-14H,2,8-11H2,1H3,(H,17,18). The summed E-state index contributed by atoms with van der Waals surface area (Å²) in [5.41, 5.74) is 1.31. The third kappa shape index (κ3) is 3.10. The van der Waals surface area contributed by atoms with Crippen molar-refractivity contribution in [2.75, 3.05) is 13.1 Å². The van der Waals surface area contributed by atoms with Crippen LogP contribution in [0.5, 0.6) is 0 Å². The lowest BCUT2D eigenvalue weighted by Gasteiger charge is -2.19. The molecule has 0 saturated carbocycles. The Morgan fingerprint density at radius 3 is 2.78 bits per heavy atom. The molecule has 0 bridgehead atoms. The fourth-order valence-electron chi connectivity index (χ4n) is 2.89. The van der Waals surface area contributed by atoms with E-state index in [9.17, 15) is 9.90 Å². The molecule has 1 heterocycles. The van der Waals surface area contributed by atoms with E-state index in [1.807, 2.05) is 13.0 Å². The first-order chi connectivity index (χ1) is 8.70. The lowest BCUT2D eigenvalue weighted by atomic mass is 9.89. The van der Waals surface area contributed by atoms with Crippen LogP contribution in [0, 0.1) is 11.8 Å². The number of carboxylic acids is 1. The summed E-state index contributed by atoms with van der Waals surface area (Å²) in [6.07, 6.45) is 1.75. The fourth-order valence-corrected chi connectivity index (χ4v) is 2.89. The zero-order chi connectivity index (χ0) is 13.0. The largest absolute Gasteiger partial charge is 0.481 e. The molecule has 3 nitrogen and oxygen atoms in total. The third-order valence-corrected chi connectivity index (χ3v) is 3.88. The number of carboxylic acid groups (broad SMARTS) is 1. The number of aliphatic carboxylic acids is 1. The van der Waals surface area contributed by atoms with Crippen LogP contribution < -0.4 is 0 Å². The predicted molar refractivity (Wildman–Crippen MR) is 71.2 cm³/mol. The number of likely N-dealkylation sites (tertiary alicyclic amines) is 1. The van der Waals surface area contributed by atoms with Gasteiger partial charge in [-0.15, -0.1) is 0 Å². The molecule has 1 saturated heterocycles. The molecule has 0 aliphatic carbocycles. The van der Waals surface area contributed by atoms with E-state index in [0.29, 0.717) is 5.92 Å². The van der Waals surface area contributed by atoms with Crippen LogP contribution in [0.4, 0.5) is 0 Å². The molecular weight excluding hydrogens is 226 g/mol. The Labute approximate surface area is 108 Å². The highest BCUT2D eigenvalue weighted by molar-refractivity contribution is 5.70. The third-order valence-electron chi connectivity index (χ3n) is 3.88. The smallest absolute Gasteiger partial charge is 0.306 e. The monoisotopic (exact) mass is 247 g/mol. The molecule has 1 aromatic carbocycles. The maximum atomic E-state index is 11.2. The Morgan fingerprint density at radius 1 is 1.44 bits per heavy atom. The molecule has 98 valence electrons. The zero-order valence-electron chi connectivity index (χ0n) is 10.9. The molecule has 1 N–H and O–H groups in total. The molecule has 1 aromatic rings. The van der Waals surface area contributed by atoms with E-state index in [-0.39, 0.29) is 5.92 Å². The van der Waals surface area contributed by atoms with Crippen molar-refractivity contribution in [3.05, 3.63) is 35.9 Å². The van der Waals surface area contributed by atoms with Crippen LogP contribution in [0.15, 0.2) is 30.3 Å². The molecule has 0 radical (unpaired) electrons. The van der Waals surface area contributed by atoms with E-state index in [1.165, 1.54) is 5.56 Å². The van der Waals surface area contributed by atoms with Gasteiger partial charge in [-0.1, -0.05) is 37.3 Å². The molecule has 0 amide bonds.